The van der Waals surface area contributed by atoms with Crippen LogP contribution in [0.3, 0.4) is 0 Å². The van der Waals surface area contributed by atoms with E-state index in [2.05, 4.69) is 20.6 Å². The van der Waals surface area contributed by atoms with E-state index in [1.165, 1.54) is 0 Å². The van der Waals surface area contributed by atoms with Crippen LogP contribution in [0, 0.1) is 13.8 Å². The molecule has 1 amide bonds. The van der Waals surface area contributed by atoms with Gasteiger partial charge < -0.3 is 10.6 Å². The second-order valence-electron chi connectivity index (χ2n) is 4.49. The van der Waals surface area contributed by atoms with Gasteiger partial charge in [0.1, 0.15) is 0 Å². The van der Waals surface area contributed by atoms with Crippen LogP contribution >= 0.6 is 0 Å². The summed E-state index contributed by atoms with van der Waals surface area (Å²) in [6, 6.07) is 5.52. The Morgan fingerprint density at radius 2 is 2.00 bits per heavy atom. The molecule has 2 aromatic rings. The van der Waals surface area contributed by atoms with Gasteiger partial charge in [-0.15, -0.1) is 0 Å². The highest BCUT2D eigenvalue weighted by atomic mass is 16.1. The highest BCUT2D eigenvalue weighted by molar-refractivity contribution is 6.08. The number of amides is 1. The number of anilines is 2. The van der Waals surface area contributed by atoms with Crippen molar-refractivity contribution in [1.29, 1.82) is 0 Å². The second kappa shape index (κ2) is 6.14. The van der Waals surface area contributed by atoms with E-state index in [0.717, 1.165) is 23.6 Å². The van der Waals surface area contributed by atoms with Crippen LogP contribution in [0.4, 0.5) is 11.4 Å². The van der Waals surface area contributed by atoms with Crippen molar-refractivity contribution in [2.75, 3.05) is 17.2 Å². The molecule has 0 saturated carbocycles. The summed E-state index contributed by atoms with van der Waals surface area (Å²) >= 11 is 0. The van der Waals surface area contributed by atoms with Gasteiger partial charge in [-0.3, -0.25) is 14.8 Å². The zero-order valence-corrected chi connectivity index (χ0v) is 11.9. The minimum atomic E-state index is -0.192. The predicted molar refractivity (Wildman–Crippen MR) is 80.1 cm³/mol. The highest BCUT2D eigenvalue weighted by Gasteiger charge is 2.12. The molecule has 0 aromatic carbocycles. The van der Waals surface area contributed by atoms with Crippen LogP contribution in [0.15, 0.2) is 30.6 Å². The van der Waals surface area contributed by atoms with Crippen LogP contribution < -0.4 is 10.6 Å². The molecule has 104 valence electrons. The van der Waals surface area contributed by atoms with Crippen LogP contribution in [-0.2, 0) is 0 Å². The summed E-state index contributed by atoms with van der Waals surface area (Å²) in [6.45, 7) is 6.52. The SMILES string of the molecule is CCNc1ccncc1C(=O)Nc1ccc(C)nc1C. The molecule has 0 spiro atoms. The summed E-state index contributed by atoms with van der Waals surface area (Å²) in [5, 5.41) is 6.02. The summed E-state index contributed by atoms with van der Waals surface area (Å²) in [5.74, 6) is -0.192. The minimum absolute atomic E-state index is 0.192. The van der Waals surface area contributed by atoms with Gasteiger partial charge in [-0.1, -0.05) is 0 Å². The smallest absolute Gasteiger partial charge is 0.259 e. The van der Waals surface area contributed by atoms with Gasteiger partial charge in [-0.2, -0.15) is 0 Å². The van der Waals surface area contributed by atoms with Gasteiger partial charge in [0.05, 0.1) is 22.6 Å². The fourth-order valence-corrected chi connectivity index (χ4v) is 1.93. The van der Waals surface area contributed by atoms with Gasteiger partial charge in [-0.05, 0) is 39.0 Å². The molecule has 2 heterocycles. The van der Waals surface area contributed by atoms with E-state index in [-0.39, 0.29) is 5.91 Å². The number of aryl methyl sites for hydroxylation is 2. The molecule has 0 aliphatic carbocycles. The number of aromatic nitrogens is 2. The number of hydrogen-bond acceptors (Lipinski definition) is 4. The van der Waals surface area contributed by atoms with E-state index in [0.29, 0.717) is 11.3 Å². The Morgan fingerprint density at radius 3 is 2.70 bits per heavy atom. The molecular formula is C15H18N4O. The monoisotopic (exact) mass is 270 g/mol. The Kier molecular flexibility index (Phi) is 4.30. The first-order chi connectivity index (χ1) is 9.61. The molecule has 0 aliphatic rings. The second-order valence-corrected chi connectivity index (χ2v) is 4.49. The quantitative estimate of drug-likeness (QED) is 0.896. The maximum Gasteiger partial charge on any atom is 0.259 e. The van der Waals surface area contributed by atoms with Gasteiger partial charge in [0, 0.05) is 24.6 Å². The van der Waals surface area contributed by atoms with Crippen molar-refractivity contribution in [3.63, 3.8) is 0 Å². The normalized spacial score (nSPS) is 10.2. The van der Waals surface area contributed by atoms with Crippen molar-refractivity contribution < 1.29 is 4.79 Å². The molecule has 20 heavy (non-hydrogen) atoms. The van der Waals surface area contributed by atoms with Crippen molar-refractivity contribution in [3.05, 3.63) is 47.5 Å². The number of nitrogens with zero attached hydrogens (tertiary/aromatic N) is 2. The molecule has 2 aromatic heterocycles. The average molecular weight is 270 g/mol. The third-order valence-electron chi connectivity index (χ3n) is 2.91. The number of pyridine rings is 2. The van der Waals surface area contributed by atoms with E-state index in [1.807, 2.05) is 32.9 Å². The maximum atomic E-state index is 12.3. The predicted octanol–water partition coefficient (Wildman–Crippen LogP) is 2.78. The lowest BCUT2D eigenvalue weighted by molar-refractivity contribution is 0.102. The molecule has 0 fully saturated rings. The molecule has 2 N–H and O–H groups in total. The number of nitrogens with one attached hydrogen (secondary N) is 2. The fraction of sp³-hybridized carbons (Fsp3) is 0.267. The molecule has 0 atom stereocenters. The lowest BCUT2D eigenvalue weighted by Crippen LogP contribution is -2.16. The molecule has 5 nitrogen and oxygen atoms in total. The summed E-state index contributed by atoms with van der Waals surface area (Å²) in [5.41, 5.74) is 3.74. The van der Waals surface area contributed by atoms with E-state index < -0.39 is 0 Å². The van der Waals surface area contributed by atoms with E-state index >= 15 is 0 Å². The Labute approximate surface area is 118 Å². The van der Waals surface area contributed by atoms with Gasteiger partial charge in [0.15, 0.2) is 0 Å². The van der Waals surface area contributed by atoms with Crippen molar-refractivity contribution in [2.24, 2.45) is 0 Å². The number of carbonyl (C=O) groups excluding carboxylic acids is 1. The Morgan fingerprint density at radius 1 is 1.20 bits per heavy atom. The van der Waals surface area contributed by atoms with E-state index in [9.17, 15) is 4.79 Å². The fourth-order valence-electron chi connectivity index (χ4n) is 1.93. The van der Waals surface area contributed by atoms with Gasteiger partial charge in [-0.25, -0.2) is 0 Å². The van der Waals surface area contributed by atoms with Crippen LogP contribution in [0.2, 0.25) is 0 Å². The minimum Gasteiger partial charge on any atom is -0.385 e. The standard InChI is InChI=1S/C15H18N4O/c1-4-17-14-7-8-16-9-12(14)15(20)19-13-6-5-10(2)18-11(13)3/h5-9H,4H2,1-3H3,(H,16,17)(H,19,20). The van der Waals surface area contributed by atoms with Crippen LogP contribution in [-0.4, -0.2) is 22.4 Å². The number of hydrogen-bond donors (Lipinski definition) is 2. The molecule has 0 saturated heterocycles. The largest absolute Gasteiger partial charge is 0.385 e. The summed E-state index contributed by atoms with van der Waals surface area (Å²) in [7, 11) is 0. The van der Waals surface area contributed by atoms with Crippen molar-refractivity contribution in [1.82, 2.24) is 9.97 Å². The molecule has 0 unspecified atom stereocenters. The zero-order chi connectivity index (χ0) is 14.5. The highest BCUT2D eigenvalue weighted by Crippen LogP contribution is 2.18. The third-order valence-corrected chi connectivity index (χ3v) is 2.91. The van der Waals surface area contributed by atoms with E-state index in [1.54, 1.807) is 18.5 Å². The molecule has 0 bridgehead atoms. The first-order valence-corrected chi connectivity index (χ1v) is 6.55. The van der Waals surface area contributed by atoms with Crippen LogP contribution in [0.25, 0.3) is 0 Å². The first-order valence-electron chi connectivity index (χ1n) is 6.55. The average Bonchev–Trinajstić information content (AvgIpc) is 2.43. The summed E-state index contributed by atoms with van der Waals surface area (Å²) in [6.07, 6.45) is 3.22. The van der Waals surface area contributed by atoms with Crippen molar-refractivity contribution in [3.8, 4) is 0 Å². The Hall–Kier alpha value is -2.43. The topological polar surface area (TPSA) is 66.9 Å². The zero-order valence-electron chi connectivity index (χ0n) is 11.9. The van der Waals surface area contributed by atoms with Crippen LogP contribution in [0.1, 0.15) is 28.7 Å². The molecule has 2 rings (SSSR count). The lowest BCUT2D eigenvalue weighted by Gasteiger charge is -2.11. The Bertz CT molecular complexity index is 625. The lowest BCUT2D eigenvalue weighted by atomic mass is 10.2. The summed E-state index contributed by atoms with van der Waals surface area (Å²) in [4.78, 5) is 20.7. The molecular weight excluding hydrogens is 252 g/mol. The maximum absolute atomic E-state index is 12.3. The van der Waals surface area contributed by atoms with Crippen molar-refractivity contribution in [2.45, 2.75) is 20.8 Å². The van der Waals surface area contributed by atoms with Gasteiger partial charge >= 0.3 is 0 Å². The molecule has 0 radical (unpaired) electrons. The van der Waals surface area contributed by atoms with Crippen LogP contribution in [0.5, 0.6) is 0 Å². The summed E-state index contributed by atoms with van der Waals surface area (Å²) < 4.78 is 0. The first kappa shape index (κ1) is 14.0. The van der Waals surface area contributed by atoms with Crippen molar-refractivity contribution >= 4 is 17.3 Å². The molecule has 5 heteroatoms. The van der Waals surface area contributed by atoms with E-state index in [4.69, 9.17) is 0 Å². The third kappa shape index (κ3) is 3.12. The van der Waals surface area contributed by atoms with Gasteiger partial charge in [0.25, 0.3) is 5.91 Å². The number of rotatable bonds is 4. The number of carbonyl (C=O) groups is 1. The molecule has 0 aliphatic heterocycles. The van der Waals surface area contributed by atoms with Gasteiger partial charge in [0.2, 0.25) is 0 Å². The Balaban J connectivity index is 2.24.